The summed E-state index contributed by atoms with van der Waals surface area (Å²) in [5.41, 5.74) is 2.94. The van der Waals surface area contributed by atoms with Crippen molar-refractivity contribution in [3.63, 3.8) is 0 Å². The summed E-state index contributed by atoms with van der Waals surface area (Å²) in [5.74, 6) is -0.589. The van der Waals surface area contributed by atoms with Crippen molar-refractivity contribution in [1.82, 2.24) is 4.98 Å². The lowest BCUT2D eigenvalue weighted by Gasteiger charge is -2.14. The van der Waals surface area contributed by atoms with Crippen LogP contribution in [-0.2, 0) is 25.8 Å². The van der Waals surface area contributed by atoms with E-state index >= 15 is 0 Å². The van der Waals surface area contributed by atoms with Gasteiger partial charge in [0, 0.05) is 6.26 Å². The maximum Gasteiger partial charge on any atom is 0.318 e. The van der Waals surface area contributed by atoms with Crippen molar-refractivity contribution < 1.29 is 22.4 Å². The molecule has 3 rings (SSSR count). The first-order valence-electron chi connectivity index (χ1n) is 9.34. The molecule has 1 heterocycles. The number of hydrogen-bond acceptors (Lipinski definition) is 6. The first-order valence-corrected chi connectivity index (χ1v) is 11.2. The molecule has 0 fully saturated rings. The third-order valence-electron chi connectivity index (χ3n) is 4.63. The summed E-state index contributed by atoms with van der Waals surface area (Å²) in [6.07, 6.45) is 5.24. The average Bonchev–Trinajstić information content (AvgIpc) is 3.23. The number of oxazole rings is 1. The second kappa shape index (κ2) is 9.05. The first kappa shape index (κ1) is 20.8. The van der Waals surface area contributed by atoms with Gasteiger partial charge in [-0.15, -0.1) is 0 Å². The summed E-state index contributed by atoms with van der Waals surface area (Å²) in [7, 11) is -3.24. The molecule has 1 unspecified atom stereocenters. The molecule has 1 atom stereocenters. The van der Waals surface area contributed by atoms with Crippen molar-refractivity contribution >= 4 is 15.8 Å². The Hall–Kier alpha value is -2.93. The van der Waals surface area contributed by atoms with E-state index in [-0.39, 0.29) is 10.9 Å². The van der Waals surface area contributed by atoms with Crippen molar-refractivity contribution in [3.05, 3.63) is 72.4 Å². The highest BCUT2D eigenvalue weighted by atomic mass is 32.2. The zero-order valence-electron chi connectivity index (χ0n) is 16.4. The fraction of sp³-hybridized carbons (Fsp3) is 0.273. The van der Waals surface area contributed by atoms with Crippen LogP contribution in [0, 0.1) is 0 Å². The Morgan fingerprint density at radius 3 is 2.48 bits per heavy atom. The molecule has 29 heavy (non-hydrogen) atoms. The van der Waals surface area contributed by atoms with Crippen LogP contribution in [0.4, 0.5) is 0 Å². The van der Waals surface area contributed by atoms with E-state index in [0.29, 0.717) is 25.3 Å². The number of carbonyl (C=O) groups excluding carboxylic acids is 1. The fourth-order valence-electron chi connectivity index (χ4n) is 3.19. The number of esters is 1. The summed E-state index contributed by atoms with van der Waals surface area (Å²) >= 11 is 0. The van der Waals surface area contributed by atoms with Crippen LogP contribution in [-0.4, -0.2) is 32.2 Å². The fourth-order valence-corrected chi connectivity index (χ4v) is 3.82. The summed E-state index contributed by atoms with van der Waals surface area (Å²) in [6, 6.07) is 14.7. The molecule has 7 heteroatoms. The van der Waals surface area contributed by atoms with E-state index in [0.717, 1.165) is 16.7 Å². The van der Waals surface area contributed by atoms with Gasteiger partial charge in [-0.3, -0.25) is 4.79 Å². The highest BCUT2D eigenvalue weighted by molar-refractivity contribution is 7.90. The highest BCUT2D eigenvalue weighted by Crippen LogP contribution is 2.29. The molecule has 1 aromatic heterocycles. The minimum Gasteiger partial charge on any atom is -0.465 e. The van der Waals surface area contributed by atoms with Gasteiger partial charge in [0.1, 0.15) is 12.2 Å². The highest BCUT2D eigenvalue weighted by Gasteiger charge is 2.26. The van der Waals surface area contributed by atoms with E-state index in [1.165, 1.54) is 18.7 Å². The smallest absolute Gasteiger partial charge is 0.318 e. The van der Waals surface area contributed by atoms with Crippen LogP contribution in [0.2, 0.25) is 0 Å². The predicted octanol–water partition coefficient (Wildman–Crippen LogP) is 4.02. The van der Waals surface area contributed by atoms with Crippen LogP contribution < -0.4 is 0 Å². The molecular weight excluding hydrogens is 390 g/mol. The quantitative estimate of drug-likeness (QED) is 0.518. The van der Waals surface area contributed by atoms with Crippen molar-refractivity contribution in [2.45, 2.75) is 30.6 Å². The molecule has 6 nitrogen and oxygen atoms in total. The molecule has 0 N–H and O–H groups in total. The summed E-state index contributed by atoms with van der Waals surface area (Å²) in [5, 5.41) is 0. The molecule has 0 spiro atoms. The van der Waals surface area contributed by atoms with Gasteiger partial charge in [0.2, 0.25) is 5.89 Å². The van der Waals surface area contributed by atoms with Gasteiger partial charge in [0.15, 0.2) is 9.84 Å². The van der Waals surface area contributed by atoms with Gasteiger partial charge in [-0.2, -0.15) is 0 Å². The molecule has 0 saturated carbocycles. The van der Waals surface area contributed by atoms with Crippen molar-refractivity contribution in [2.75, 3.05) is 12.9 Å². The second-order valence-electron chi connectivity index (χ2n) is 6.67. The number of ether oxygens (including phenoxy) is 1. The molecule has 0 aliphatic heterocycles. The van der Waals surface area contributed by atoms with Gasteiger partial charge in [-0.1, -0.05) is 36.4 Å². The Morgan fingerprint density at radius 1 is 1.14 bits per heavy atom. The molecule has 152 valence electrons. The monoisotopic (exact) mass is 413 g/mol. The van der Waals surface area contributed by atoms with E-state index in [9.17, 15) is 13.2 Å². The molecule has 0 aliphatic carbocycles. The van der Waals surface area contributed by atoms with Crippen LogP contribution in [0.5, 0.6) is 0 Å². The maximum absolute atomic E-state index is 12.4. The van der Waals surface area contributed by atoms with E-state index in [4.69, 9.17) is 9.15 Å². The summed E-state index contributed by atoms with van der Waals surface area (Å²) < 4.78 is 33.9. The van der Waals surface area contributed by atoms with E-state index < -0.39 is 15.8 Å². The predicted molar refractivity (Wildman–Crippen MR) is 109 cm³/mol. The minimum absolute atomic E-state index is 0.282. The van der Waals surface area contributed by atoms with Crippen molar-refractivity contribution in [3.8, 4) is 11.1 Å². The molecule has 3 aromatic rings. The van der Waals surface area contributed by atoms with Gasteiger partial charge in [0.25, 0.3) is 0 Å². The van der Waals surface area contributed by atoms with Gasteiger partial charge >= 0.3 is 5.97 Å². The number of sulfone groups is 1. The van der Waals surface area contributed by atoms with Crippen molar-refractivity contribution in [2.24, 2.45) is 0 Å². The Morgan fingerprint density at radius 2 is 1.86 bits per heavy atom. The van der Waals surface area contributed by atoms with Gasteiger partial charge in [-0.25, -0.2) is 13.4 Å². The average molecular weight is 413 g/mol. The topological polar surface area (TPSA) is 86.5 Å². The largest absolute Gasteiger partial charge is 0.465 e. The second-order valence-corrected chi connectivity index (χ2v) is 8.68. The lowest BCUT2D eigenvalue weighted by atomic mass is 9.93. The number of carbonyl (C=O) groups is 1. The lowest BCUT2D eigenvalue weighted by molar-refractivity contribution is -0.145. The number of rotatable bonds is 8. The number of benzene rings is 2. The molecule has 0 radical (unpaired) electrons. The molecular formula is C22H23NO5S. The Kier molecular flexibility index (Phi) is 6.49. The zero-order valence-corrected chi connectivity index (χ0v) is 17.2. The van der Waals surface area contributed by atoms with Crippen LogP contribution in [0.1, 0.15) is 30.7 Å². The molecule has 0 saturated heterocycles. The molecule has 0 bridgehead atoms. The van der Waals surface area contributed by atoms with Gasteiger partial charge < -0.3 is 9.15 Å². The maximum atomic E-state index is 12.4. The van der Waals surface area contributed by atoms with Crippen molar-refractivity contribution in [1.29, 1.82) is 0 Å². The van der Waals surface area contributed by atoms with Crippen LogP contribution >= 0.6 is 0 Å². The Labute approximate surface area is 170 Å². The summed E-state index contributed by atoms with van der Waals surface area (Å²) in [4.78, 5) is 16.8. The standard InChI is InChI=1S/C22H23NO5S/c1-3-27-22(24)20(21-23-14-15-28-21)13-10-16-6-4-5-7-19(16)17-8-11-18(12-9-17)29(2,25)26/h4-9,11-12,14-15,20H,3,10,13H2,1-2H3. The number of aryl methyl sites for hydroxylation is 1. The van der Waals surface area contributed by atoms with E-state index in [1.807, 2.05) is 24.3 Å². The Balaban J connectivity index is 1.84. The lowest BCUT2D eigenvalue weighted by Crippen LogP contribution is -2.17. The molecule has 0 amide bonds. The number of hydrogen-bond donors (Lipinski definition) is 0. The van der Waals surface area contributed by atoms with Gasteiger partial charge in [-0.05, 0) is 48.6 Å². The Bertz CT molecular complexity index is 1060. The molecule has 0 aliphatic rings. The van der Waals surface area contributed by atoms with E-state index in [1.54, 1.807) is 31.2 Å². The summed E-state index contributed by atoms with van der Waals surface area (Å²) in [6.45, 7) is 2.05. The van der Waals surface area contributed by atoms with Crippen LogP contribution in [0.15, 0.2) is 70.3 Å². The van der Waals surface area contributed by atoms with E-state index in [2.05, 4.69) is 4.98 Å². The van der Waals surface area contributed by atoms with Crippen LogP contribution in [0.25, 0.3) is 11.1 Å². The third-order valence-corrected chi connectivity index (χ3v) is 5.76. The SMILES string of the molecule is CCOC(=O)C(CCc1ccccc1-c1ccc(S(C)(=O)=O)cc1)c1ncco1. The normalized spacial score (nSPS) is 12.5. The molecule has 2 aromatic carbocycles. The van der Waals surface area contributed by atoms with Crippen LogP contribution in [0.3, 0.4) is 0 Å². The zero-order chi connectivity index (χ0) is 20.9. The third kappa shape index (κ3) is 5.12. The first-order chi connectivity index (χ1) is 13.9. The number of aromatic nitrogens is 1. The van der Waals surface area contributed by atoms with Gasteiger partial charge in [0.05, 0.1) is 17.7 Å². The minimum atomic E-state index is -3.24. The number of nitrogens with zero attached hydrogens (tertiary/aromatic N) is 1.